The number of hydrogen-bond donors (Lipinski definition) is 3. The number of aliphatic carboxylic acids is 1. The number of rotatable bonds is 6. The van der Waals surface area contributed by atoms with Gasteiger partial charge in [-0.25, -0.2) is 9.59 Å². The number of nitrogens with one attached hydrogen (secondary N) is 2. The van der Waals surface area contributed by atoms with Crippen LogP contribution in [0.3, 0.4) is 0 Å². The van der Waals surface area contributed by atoms with E-state index in [1.165, 1.54) is 22.3 Å². The molecule has 0 unspecified atom stereocenters. The van der Waals surface area contributed by atoms with E-state index in [0.29, 0.717) is 25.7 Å². The first kappa shape index (κ1) is 24.8. The second-order valence-corrected chi connectivity index (χ2v) is 10.7. The number of carbonyl (C=O) groups is 3. The van der Waals surface area contributed by atoms with Crippen molar-refractivity contribution in [3.05, 3.63) is 59.7 Å². The summed E-state index contributed by atoms with van der Waals surface area (Å²) >= 11 is 0. The lowest BCUT2D eigenvalue weighted by Crippen LogP contribution is -2.51. The maximum atomic E-state index is 12.7. The fraction of sp³-hybridized carbons (Fsp3) is 0.464. The molecule has 1 fully saturated rings. The van der Waals surface area contributed by atoms with Gasteiger partial charge in [0.2, 0.25) is 5.91 Å². The number of fused-ring (bicyclic) bond motifs is 3. The van der Waals surface area contributed by atoms with Gasteiger partial charge in [0.05, 0.1) is 0 Å². The van der Waals surface area contributed by atoms with E-state index < -0.39 is 23.5 Å². The number of carbonyl (C=O) groups excluding carboxylic acids is 2. The molecule has 2 aliphatic rings. The molecule has 0 radical (unpaired) electrons. The van der Waals surface area contributed by atoms with Crippen LogP contribution in [0.15, 0.2) is 48.5 Å². The molecule has 186 valence electrons. The summed E-state index contributed by atoms with van der Waals surface area (Å²) in [7, 11) is 0. The van der Waals surface area contributed by atoms with Gasteiger partial charge >= 0.3 is 12.1 Å². The lowest BCUT2D eigenvalue weighted by atomic mass is 9.83. The van der Waals surface area contributed by atoms with E-state index in [1.54, 1.807) is 20.8 Å². The zero-order valence-electron chi connectivity index (χ0n) is 20.5. The molecule has 3 N–H and O–H groups in total. The number of amides is 2. The summed E-state index contributed by atoms with van der Waals surface area (Å²) < 4.78 is 5.64. The fourth-order valence-electron chi connectivity index (χ4n) is 5.22. The second kappa shape index (κ2) is 10.1. The first-order chi connectivity index (χ1) is 16.6. The van der Waals surface area contributed by atoms with Crippen molar-refractivity contribution in [2.24, 2.45) is 11.3 Å². The van der Waals surface area contributed by atoms with Crippen LogP contribution in [0, 0.1) is 11.3 Å². The Labute approximate surface area is 206 Å². The van der Waals surface area contributed by atoms with E-state index in [2.05, 4.69) is 34.9 Å². The van der Waals surface area contributed by atoms with Crippen molar-refractivity contribution in [2.45, 2.75) is 64.5 Å². The van der Waals surface area contributed by atoms with E-state index in [1.807, 2.05) is 24.3 Å². The van der Waals surface area contributed by atoms with Gasteiger partial charge in [-0.15, -0.1) is 0 Å². The first-order valence-corrected chi connectivity index (χ1v) is 12.3. The first-order valence-electron chi connectivity index (χ1n) is 12.3. The number of ether oxygens (including phenoxy) is 1. The molecule has 0 heterocycles. The van der Waals surface area contributed by atoms with Crippen LogP contribution in [0.25, 0.3) is 11.1 Å². The maximum Gasteiger partial charge on any atom is 0.407 e. The van der Waals surface area contributed by atoms with Gasteiger partial charge in [0, 0.05) is 17.9 Å². The van der Waals surface area contributed by atoms with Gasteiger partial charge in [0.25, 0.3) is 0 Å². The highest BCUT2D eigenvalue weighted by atomic mass is 16.5. The third-order valence-corrected chi connectivity index (χ3v) is 7.16. The molecule has 1 saturated carbocycles. The average molecular weight is 479 g/mol. The molecule has 7 heteroatoms. The molecule has 4 rings (SSSR count). The molecule has 2 aromatic rings. The SMILES string of the molecule is CC(C)(C)[C@@H](NC(=O)C1CCC(NC(=O)OCC2c3ccccc3-c3ccccc32)CC1)C(=O)O. The predicted molar refractivity (Wildman–Crippen MR) is 133 cm³/mol. The summed E-state index contributed by atoms with van der Waals surface area (Å²) in [6, 6.07) is 15.4. The summed E-state index contributed by atoms with van der Waals surface area (Å²) in [5, 5.41) is 15.1. The van der Waals surface area contributed by atoms with E-state index in [0.717, 1.165) is 0 Å². The highest BCUT2D eigenvalue weighted by Crippen LogP contribution is 2.44. The van der Waals surface area contributed by atoms with Crippen molar-refractivity contribution in [1.29, 1.82) is 0 Å². The van der Waals surface area contributed by atoms with E-state index >= 15 is 0 Å². The number of hydrogen-bond acceptors (Lipinski definition) is 4. The minimum atomic E-state index is -1.03. The van der Waals surface area contributed by atoms with Crippen LogP contribution >= 0.6 is 0 Å². The van der Waals surface area contributed by atoms with E-state index in [4.69, 9.17) is 4.74 Å². The van der Waals surface area contributed by atoms with Gasteiger partial charge in [0.15, 0.2) is 0 Å². The van der Waals surface area contributed by atoms with Crippen LogP contribution in [0.5, 0.6) is 0 Å². The zero-order valence-corrected chi connectivity index (χ0v) is 20.5. The lowest BCUT2D eigenvalue weighted by molar-refractivity contribution is -0.145. The molecule has 0 bridgehead atoms. The minimum absolute atomic E-state index is 0.0116. The molecule has 1 atom stereocenters. The largest absolute Gasteiger partial charge is 0.480 e. The Kier molecular flexibility index (Phi) is 7.15. The maximum absolute atomic E-state index is 12.7. The van der Waals surface area contributed by atoms with Crippen molar-refractivity contribution >= 4 is 18.0 Å². The molecule has 35 heavy (non-hydrogen) atoms. The van der Waals surface area contributed by atoms with Crippen LogP contribution in [-0.4, -0.2) is 41.8 Å². The number of carboxylic acids is 1. The van der Waals surface area contributed by atoms with Crippen molar-refractivity contribution < 1.29 is 24.2 Å². The molecular formula is C28H34N2O5. The highest BCUT2D eigenvalue weighted by Gasteiger charge is 2.36. The molecule has 0 saturated heterocycles. The Hall–Kier alpha value is -3.35. The Morgan fingerprint density at radius 3 is 2.00 bits per heavy atom. The normalized spacial score (nSPS) is 20.3. The predicted octanol–water partition coefficient (Wildman–Crippen LogP) is 4.70. The number of alkyl carbamates (subject to hydrolysis) is 1. The number of carboxylic acid groups (broad SMARTS) is 1. The molecule has 0 spiro atoms. The molecule has 2 amide bonds. The Morgan fingerprint density at radius 1 is 0.943 bits per heavy atom. The Balaban J connectivity index is 1.27. The van der Waals surface area contributed by atoms with Gasteiger partial charge in [0.1, 0.15) is 12.6 Å². The smallest absolute Gasteiger partial charge is 0.407 e. The molecule has 7 nitrogen and oxygen atoms in total. The van der Waals surface area contributed by atoms with Crippen LogP contribution in [0.2, 0.25) is 0 Å². The van der Waals surface area contributed by atoms with E-state index in [-0.39, 0.29) is 30.4 Å². The Morgan fingerprint density at radius 2 is 1.49 bits per heavy atom. The van der Waals surface area contributed by atoms with Crippen molar-refractivity contribution in [2.75, 3.05) is 6.61 Å². The highest BCUT2D eigenvalue weighted by molar-refractivity contribution is 5.85. The van der Waals surface area contributed by atoms with Crippen LogP contribution in [-0.2, 0) is 14.3 Å². The number of benzene rings is 2. The molecular weight excluding hydrogens is 444 g/mol. The van der Waals surface area contributed by atoms with Crippen LogP contribution in [0.1, 0.15) is 63.5 Å². The zero-order chi connectivity index (χ0) is 25.2. The summed E-state index contributed by atoms with van der Waals surface area (Å²) in [6.45, 7) is 5.64. The van der Waals surface area contributed by atoms with Crippen molar-refractivity contribution in [3.63, 3.8) is 0 Å². The van der Waals surface area contributed by atoms with Gasteiger partial charge in [-0.05, 0) is 53.4 Å². The van der Waals surface area contributed by atoms with E-state index in [9.17, 15) is 19.5 Å². The monoisotopic (exact) mass is 478 g/mol. The molecule has 0 aromatic heterocycles. The van der Waals surface area contributed by atoms with Crippen molar-refractivity contribution in [3.8, 4) is 11.1 Å². The summed E-state index contributed by atoms with van der Waals surface area (Å²) in [4.78, 5) is 36.8. The molecule has 0 aliphatic heterocycles. The Bertz CT molecular complexity index is 1050. The van der Waals surface area contributed by atoms with Gasteiger partial charge < -0.3 is 20.5 Å². The summed E-state index contributed by atoms with van der Waals surface area (Å²) in [5.74, 6) is -1.50. The lowest BCUT2D eigenvalue weighted by Gasteiger charge is -2.32. The van der Waals surface area contributed by atoms with Gasteiger partial charge in [-0.3, -0.25) is 4.79 Å². The standard InChI is InChI=1S/C28H34N2O5/c1-28(2,3)24(26(32)33)30-25(31)17-12-14-18(15-13-17)29-27(34)35-16-23-21-10-6-4-8-19(21)20-9-5-7-11-22(20)23/h4-11,17-18,23-24H,12-16H2,1-3H3,(H,29,34)(H,30,31)(H,32,33)/t17?,18?,24-/m0/s1. The molecule has 2 aromatic carbocycles. The van der Waals surface area contributed by atoms with Gasteiger partial charge in [-0.1, -0.05) is 69.3 Å². The molecule has 2 aliphatic carbocycles. The fourth-order valence-corrected chi connectivity index (χ4v) is 5.22. The third-order valence-electron chi connectivity index (χ3n) is 7.16. The minimum Gasteiger partial charge on any atom is -0.480 e. The quantitative estimate of drug-likeness (QED) is 0.558. The third kappa shape index (κ3) is 5.50. The second-order valence-electron chi connectivity index (χ2n) is 10.7. The topological polar surface area (TPSA) is 105 Å². The van der Waals surface area contributed by atoms with Gasteiger partial charge in [-0.2, -0.15) is 0 Å². The van der Waals surface area contributed by atoms with Crippen LogP contribution < -0.4 is 10.6 Å². The summed E-state index contributed by atoms with van der Waals surface area (Å²) in [6.07, 6.45) is 2.04. The summed E-state index contributed by atoms with van der Waals surface area (Å²) in [5.41, 5.74) is 4.13. The van der Waals surface area contributed by atoms with Crippen LogP contribution in [0.4, 0.5) is 4.79 Å². The average Bonchev–Trinajstić information content (AvgIpc) is 3.14. The van der Waals surface area contributed by atoms with Crippen molar-refractivity contribution in [1.82, 2.24) is 10.6 Å².